The van der Waals surface area contributed by atoms with Gasteiger partial charge in [-0.15, -0.1) is 0 Å². The highest BCUT2D eigenvalue weighted by Gasteiger charge is 2.30. The molecule has 0 fully saturated rings. The van der Waals surface area contributed by atoms with Crippen LogP contribution in [0.1, 0.15) is 51.5 Å². The van der Waals surface area contributed by atoms with Gasteiger partial charge in [0.05, 0.1) is 5.56 Å². The van der Waals surface area contributed by atoms with Crippen LogP contribution < -0.4 is 5.32 Å². The monoisotopic (exact) mass is 351 g/mol. The maximum Gasteiger partial charge on any atom is 0.416 e. The van der Waals surface area contributed by atoms with Crippen LogP contribution in [0.3, 0.4) is 0 Å². The standard InChI is InChI=1S/C15H21BrF3N/c1-3-4-5-6-7-11(2)20-14-10-12(15(17,18)19)8-9-13(14)16/h8-11,20H,3-7H2,1-2H3. The van der Waals surface area contributed by atoms with Gasteiger partial charge in [-0.25, -0.2) is 0 Å². The summed E-state index contributed by atoms with van der Waals surface area (Å²) in [6.45, 7) is 4.15. The van der Waals surface area contributed by atoms with Crippen LogP contribution in [0.4, 0.5) is 18.9 Å². The molecule has 1 unspecified atom stereocenters. The quantitative estimate of drug-likeness (QED) is 0.573. The van der Waals surface area contributed by atoms with Crippen molar-refractivity contribution >= 4 is 21.6 Å². The highest BCUT2D eigenvalue weighted by atomic mass is 79.9. The highest BCUT2D eigenvalue weighted by Crippen LogP contribution is 2.34. The zero-order chi connectivity index (χ0) is 15.2. The van der Waals surface area contributed by atoms with E-state index in [1.165, 1.54) is 25.3 Å². The van der Waals surface area contributed by atoms with E-state index in [4.69, 9.17) is 0 Å². The summed E-state index contributed by atoms with van der Waals surface area (Å²) in [5.41, 5.74) is -0.121. The van der Waals surface area contributed by atoms with Crippen molar-refractivity contribution in [2.24, 2.45) is 0 Å². The Bertz CT molecular complexity index is 418. The predicted octanol–water partition coefficient (Wildman–Crippen LogP) is 6.24. The van der Waals surface area contributed by atoms with Crippen molar-refractivity contribution in [1.82, 2.24) is 0 Å². The summed E-state index contributed by atoms with van der Waals surface area (Å²) in [5.74, 6) is 0. The van der Waals surface area contributed by atoms with Crippen LogP contribution in [-0.4, -0.2) is 6.04 Å². The molecule has 0 bridgehead atoms. The fraction of sp³-hybridized carbons (Fsp3) is 0.600. The zero-order valence-electron chi connectivity index (χ0n) is 11.9. The summed E-state index contributed by atoms with van der Waals surface area (Å²) >= 11 is 3.29. The molecule has 0 spiro atoms. The van der Waals surface area contributed by atoms with Crippen molar-refractivity contribution in [3.63, 3.8) is 0 Å². The molecule has 114 valence electrons. The molecule has 1 nitrogen and oxygen atoms in total. The molecule has 0 amide bonds. The second-order valence-corrected chi connectivity index (χ2v) is 5.94. The van der Waals surface area contributed by atoms with Crippen molar-refractivity contribution in [3.05, 3.63) is 28.2 Å². The van der Waals surface area contributed by atoms with E-state index in [1.54, 1.807) is 0 Å². The molecule has 0 radical (unpaired) electrons. The van der Waals surface area contributed by atoms with Gasteiger partial charge in [0.25, 0.3) is 0 Å². The van der Waals surface area contributed by atoms with Crippen molar-refractivity contribution < 1.29 is 13.2 Å². The first-order valence-corrected chi connectivity index (χ1v) is 7.77. The van der Waals surface area contributed by atoms with Crippen LogP contribution in [0.2, 0.25) is 0 Å². The molecule has 1 atom stereocenters. The van der Waals surface area contributed by atoms with E-state index in [0.717, 1.165) is 25.0 Å². The highest BCUT2D eigenvalue weighted by molar-refractivity contribution is 9.10. The second kappa shape index (κ2) is 7.91. The van der Waals surface area contributed by atoms with E-state index in [2.05, 4.69) is 28.2 Å². The minimum Gasteiger partial charge on any atom is -0.382 e. The smallest absolute Gasteiger partial charge is 0.382 e. The molecule has 0 heterocycles. The van der Waals surface area contributed by atoms with Crippen molar-refractivity contribution in [2.75, 3.05) is 5.32 Å². The van der Waals surface area contributed by atoms with E-state index in [1.807, 2.05) is 6.92 Å². The van der Waals surface area contributed by atoms with Gasteiger partial charge in [-0.05, 0) is 47.5 Å². The first kappa shape index (κ1) is 17.3. The van der Waals surface area contributed by atoms with Crippen molar-refractivity contribution in [2.45, 2.75) is 58.2 Å². The van der Waals surface area contributed by atoms with Gasteiger partial charge in [0.1, 0.15) is 0 Å². The molecule has 0 aliphatic carbocycles. The average molecular weight is 352 g/mol. The van der Waals surface area contributed by atoms with Gasteiger partial charge < -0.3 is 5.32 Å². The predicted molar refractivity (Wildman–Crippen MR) is 81.0 cm³/mol. The lowest BCUT2D eigenvalue weighted by molar-refractivity contribution is -0.137. The number of rotatable bonds is 7. The van der Waals surface area contributed by atoms with Crippen molar-refractivity contribution in [3.8, 4) is 0 Å². The van der Waals surface area contributed by atoms with Gasteiger partial charge in [-0.2, -0.15) is 13.2 Å². The van der Waals surface area contributed by atoms with E-state index in [9.17, 15) is 13.2 Å². The van der Waals surface area contributed by atoms with Crippen LogP contribution in [0.25, 0.3) is 0 Å². The summed E-state index contributed by atoms with van der Waals surface area (Å²) < 4.78 is 38.7. The largest absolute Gasteiger partial charge is 0.416 e. The minimum absolute atomic E-state index is 0.159. The third kappa shape index (κ3) is 5.73. The van der Waals surface area contributed by atoms with Gasteiger partial charge >= 0.3 is 6.18 Å². The fourth-order valence-electron chi connectivity index (χ4n) is 2.03. The molecule has 0 aliphatic heterocycles. The molecule has 0 saturated carbocycles. The fourth-order valence-corrected chi connectivity index (χ4v) is 2.39. The van der Waals surface area contributed by atoms with Crippen LogP contribution in [0.5, 0.6) is 0 Å². The summed E-state index contributed by atoms with van der Waals surface area (Å²) in [6, 6.07) is 3.84. The Kier molecular flexibility index (Phi) is 6.86. The van der Waals surface area contributed by atoms with E-state index in [-0.39, 0.29) is 6.04 Å². The average Bonchev–Trinajstić information content (AvgIpc) is 2.36. The van der Waals surface area contributed by atoms with Gasteiger partial charge in [-0.1, -0.05) is 32.6 Å². The van der Waals surface area contributed by atoms with Crippen LogP contribution in [-0.2, 0) is 6.18 Å². The lowest BCUT2D eigenvalue weighted by Gasteiger charge is -2.18. The molecule has 0 aromatic heterocycles. The number of unbranched alkanes of at least 4 members (excludes halogenated alkanes) is 3. The first-order valence-electron chi connectivity index (χ1n) is 6.98. The number of anilines is 1. The summed E-state index contributed by atoms with van der Waals surface area (Å²) in [7, 11) is 0. The molecular weight excluding hydrogens is 331 g/mol. The number of alkyl halides is 3. The van der Waals surface area contributed by atoms with Crippen molar-refractivity contribution in [1.29, 1.82) is 0 Å². The Labute approximate surface area is 127 Å². The van der Waals surface area contributed by atoms with Gasteiger partial charge in [0, 0.05) is 16.2 Å². The number of hydrogen-bond acceptors (Lipinski definition) is 1. The first-order chi connectivity index (χ1) is 9.34. The van der Waals surface area contributed by atoms with E-state index < -0.39 is 11.7 Å². The maximum atomic E-state index is 12.7. The Hall–Kier alpha value is -0.710. The molecular formula is C15H21BrF3N. The summed E-state index contributed by atoms with van der Waals surface area (Å²) in [5, 5.41) is 3.15. The topological polar surface area (TPSA) is 12.0 Å². The second-order valence-electron chi connectivity index (χ2n) is 5.09. The molecule has 1 rings (SSSR count). The molecule has 20 heavy (non-hydrogen) atoms. The van der Waals surface area contributed by atoms with Gasteiger partial charge in [-0.3, -0.25) is 0 Å². The number of hydrogen-bond donors (Lipinski definition) is 1. The summed E-state index contributed by atoms with van der Waals surface area (Å²) in [6.07, 6.45) is 1.32. The van der Waals surface area contributed by atoms with Gasteiger partial charge in [0.2, 0.25) is 0 Å². The lowest BCUT2D eigenvalue weighted by atomic mass is 10.1. The Morgan fingerprint density at radius 2 is 1.90 bits per heavy atom. The number of benzene rings is 1. The Balaban J connectivity index is 2.62. The Morgan fingerprint density at radius 3 is 2.50 bits per heavy atom. The maximum absolute atomic E-state index is 12.7. The zero-order valence-corrected chi connectivity index (χ0v) is 13.4. The van der Waals surface area contributed by atoms with Crippen LogP contribution in [0.15, 0.2) is 22.7 Å². The minimum atomic E-state index is -4.30. The lowest BCUT2D eigenvalue weighted by Crippen LogP contribution is -2.16. The van der Waals surface area contributed by atoms with E-state index in [0.29, 0.717) is 10.2 Å². The van der Waals surface area contributed by atoms with E-state index >= 15 is 0 Å². The molecule has 0 saturated heterocycles. The number of nitrogens with one attached hydrogen (secondary N) is 1. The van der Waals surface area contributed by atoms with Gasteiger partial charge in [0.15, 0.2) is 0 Å². The molecule has 1 aromatic carbocycles. The molecule has 5 heteroatoms. The third-order valence-corrected chi connectivity index (χ3v) is 3.88. The molecule has 1 N–H and O–H groups in total. The Morgan fingerprint density at radius 1 is 1.20 bits per heavy atom. The number of halogens is 4. The normalized spacial score (nSPS) is 13.3. The SMILES string of the molecule is CCCCCCC(C)Nc1cc(C(F)(F)F)ccc1Br. The molecule has 0 aliphatic rings. The molecule has 1 aromatic rings. The third-order valence-electron chi connectivity index (χ3n) is 3.19. The van der Waals surface area contributed by atoms with Crippen LogP contribution >= 0.6 is 15.9 Å². The van der Waals surface area contributed by atoms with Crippen LogP contribution in [0, 0.1) is 0 Å². The summed E-state index contributed by atoms with van der Waals surface area (Å²) in [4.78, 5) is 0.